The average Bonchev–Trinajstić information content (AvgIpc) is 3.52. The number of phenols is 1. The molecule has 6 nitrogen and oxygen atoms in total. The number of benzene rings is 2. The van der Waals surface area contributed by atoms with Gasteiger partial charge in [0, 0.05) is 24.8 Å². The summed E-state index contributed by atoms with van der Waals surface area (Å²) in [7, 11) is 0. The number of nitrogens with zero attached hydrogens (tertiary/aromatic N) is 1. The number of aliphatic imine (C=N–C) groups is 1. The molecule has 2 aromatic carbocycles. The number of phenolic OH excluding ortho intramolecular Hbond substituents is 1. The largest absolute Gasteiger partial charge is 0.508 e. The van der Waals surface area contributed by atoms with Gasteiger partial charge < -0.3 is 16.2 Å². The third-order valence-corrected chi connectivity index (χ3v) is 6.18. The molecule has 1 fully saturated rings. The van der Waals surface area contributed by atoms with Crippen LogP contribution >= 0.6 is 0 Å². The monoisotopic (exact) mass is 405 g/mol. The highest BCUT2D eigenvalue weighted by atomic mass is 16.3. The Morgan fingerprint density at radius 1 is 1.23 bits per heavy atom. The van der Waals surface area contributed by atoms with E-state index in [2.05, 4.69) is 10.3 Å². The molecule has 4 rings (SSSR count). The van der Waals surface area contributed by atoms with E-state index in [1.165, 1.54) is 5.56 Å². The van der Waals surface area contributed by atoms with Gasteiger partial charge in [0.2, 0.25) is 5.91 Å². The SMILES string of the molecule is CC1(CNC(=O)[C@@H]2C[C@H]2c2ccccc2)N=C(N)C(Cc2cccc(O)c2)CC1=O. The van der Waals surface area contributed by atoms with Gasteiger partial charge in [-0.15, -0.1) is 0 Å². The lowest BCUT2D eigenvalue weighted by atomic mass is 9.82. The van der Waals surface area contributed by atoms with Crippen LogP contribution in [0.15, 0.2) is 59.6 Å². The van der Waals surface area contributed by atoms with Crippen molar-refractivity contribution in [2.24, 2.45) is 22.6 Å². The number of ketones is 1. The van der Waals surface area contributed by atoms with E-state index >= 15 is 0 Å². The molecule has 1 saturated carbocycles. The molecule has 156 valence electrons. The van der Waals surface area contributed by atoms with Gasteiger partial charge in [0.05, 0.1) is 5.84 Å². The van der Waals surface area contributed by atoms with Crippen molar-refractivity contribution < 1.29 is 14.7 Å². The van der Waals surface area contributed by atoms with E-state index in [4.69, 9.17) is 5.73 Å². The number of nitrogens with two attached hydrogens (primary N) is 1. The van der Waals surface area contributed by atoms with Crippen LogP contribution in [0.4, 0.5) is 0 Å². The summed E-state index contributed by atoms with van der Waals surface area (Å²) in [5.74, 6) is 0.547. The first-order chi connectivity index (χ1) is 14.4. The van der Waals surface area contributed by atoms with Crippen LogP contribution in [0.1, 0.15) is 36.8 Å². The fourth-order valence-corrected chi connectivity index (χ4v) is 4.21. The Balaban J connectivity index is 1.36. The molecule has 0 spiro atoms. The maximum absolute atomic E-state index is 12.8. The van der Waals surface area contributed by atoms with Gasteiger partial charge in [-0.25, -0.2) is 0 Å². The Hall–Kier alpha value is -3.15. The highest BCUT2D eigenvalue weighted by Gasteiger charge is 2.45. The molecular formula is C24H27N3O3. The highest BCUT2D eigenvalue weighted by molar-refractivity contribution is 6.00. The van der Waals surface area contributed by atoms with Crippen LogP contribution in [0.2, 0.25) is 0 Å². The quantitative estimate of drug-likeness (QED) is 0.687. The first-order valence-corrected chi connectivity index (χ1v) is 10.3. The van der Waals surface area contributed by atoms with Gasteiger partial charge in [-0.3, -0.25) is 14.6 Å². The topological polar surface area (TPSA) is 105 Å². The van der Waals surface area contributed by atoms with Gasteiger partial charge in [0.1, 0.15) is 11.3 Å². The number of nitrogens with one attached hydrogen (secondary N) is 1. The molecule has 2 aliphatic rings. The number of Topliss-reactive ketones (excluding diaryl/α,β-unsaturated/α-hetero) is 1. The van der Waals surface area contributed by atoms with Gasteiger partial charge in [0.25, 0.3) is 0 Å². The molecule has 0 radical (unpaired) electrons. The summed E-state index contributed by atoms with van der Waals surface area (Å²) in [6, 6.07) is 17.0. The molecular weight excluding hydrogens is 378 g/mol. The minimum atomic E-state index is -1.04. The van der Waals surface area contributed by atoms with Crippen molar-refractivity contribution in [3.05, 3.63) is 65.7 Å². The smallest absolute Gasteiger partial charge is 0.223 e. The molecule has 0 saturated heterocycles. The van der Waals surface area contributed by atoms with Crippen LogP contribution < -0.4 is 11.1 Å². The summed E-state index contributed by atoms with van der Waals surface area (Å²) in [6.07, 6.45) is 1.64. The molecule has 1 heterocycles. The lowest BCUT2D eigenvalue weighted by Crippen LogP contribution is -2.51. The lowest BCUT2D eigenvalue weighted by molar-refractivity contribution is -0.126. The van der Waals surface area contributed by atoms with Gasteiger partial charge >= 0.3 is 0 Å². The zero-order valence-corrected chi connectivity index (χ0v) is 17.0. The van der Waals surface area contributed by atoms with Crippen LogP contribution in [-0.4, -0.2) is 34.7 Å². The van der Waals surface area contributed by atoms with Crippen LogP contribution in [-0.2, 0) is 16.0 Å². The summed E-state index contributed by atoms with van der Waals surface area (Å²) in [6.45, 7) is 1.89. The normalized spacial score (nSPS) is 28.0. The minimum absolute atomic E-state index is 0.0300. The molecule has 4 N–H and O–H groups in total. The molecule has 1 amide bonds. The van der Waals surface area contributed by atoms with Crippen molar-refractivity contribution >= 4 is 17.5 Å². The number of rotatable bonds is 6. The van der Waals surface area contributed by atoms with E-state index in [-0.39, 0.29) is 48.2 Å². The van der Waals surface area contributed by atoms with Gasteiger partial charge in [0.15, 0.2) is 5.78 Å². The van der Waals surface area contributed by atoms with Crippen molar-refractivity contribution in [2.45, 2.75) is 37.6 Å². The lowest BCUT2D eigenvalue weighted by Gasteiger charge is -2.32. The molecule has 6 heteroatoms. The summed E-state index contributed by atoms with van der Waals surface area (Å²) in [5.41, 5.74) is 7.25. The molecule has 1 aliphatic heterocycles. The first kappa shape index (κ1) is 20.1. The van der Waals surface area contributed by atoms with E-state index in [9.17, 15) is 14.7 Å². The Bertz CT molecular complexity index is 988. The number of hydrogen-bond acceptors (Lipinski definition) is 5. The first-order valence-electron chi connectivity index (χ1n) is 10.3. The molecule has 30 heavy (non-hydrogen) atoms. The summed E-state index contributed by atoms with van der Waals surface area (Å²) in [4.78, 5) is 29.9. The van der Waals surface area contributed by atoms with Crippen molar-refractivity contribution in [1.82, 2.24) is 5.32 Å². The zero-order valence-electron chi connectivity index (χ0n) is 17.0. The number of amides is 1. The zero-order chi connectivity index (χ0) is 21.3. The molecule has 0 aromatic heterocycles. The van der Waals surface area contributed by atoms with Crippen molar-refractivity contribution in [1.29, 1.82) is 0 Å². The number of aromatic hydroxyl groups is 1. The Morgan fingerprint density at radius 3 is 2.73 bits per heavy atom. The van der Waals surface area contributed by atoms with Gasteiger partial charge in [-0.1, -0.05) is 42.5 Å². The van der Waals surface area contributed by atoms with E-state index < -0.39 is 5.54 Å². The fraction of sp³-hybridized carbons (Fsp3) is 0.375. The molecule has 2 aromatic rings. The van der Waals surface area contributed by atoms with E-state index in [1.54, 1.807) is 25.1 Å². The molecule has 2 unspecified atom stereocenters. The Morgan fingerprint density at radius 2 is 2.00 bits per heavy atom. The average molecular weight is 405 g/mol. The predicted octanol–water partition coefficient (Wildman–Crippen LogP) is 2.56. The van der Waals surface area contributed by atoms with Crippen molar-refractivity contribution in [3.63, 3.8) is 0 Å². The number of carbonyl (C=O) groups excluding carboxylic acids is 2. The molecule has 1 aliphatic carbocycles. The number of hydrogen-bond donors (Lipinski definition) is 3. The standard InChI is InChI=1S/C24H27N3O3/c1-24(14-26-23(30)20-13-19(20)16-7-3-2-4-8-16)21(29)12-17(22(25)27-24)10-15-6-5-9-18(28)11-15/h2-9,11,17,19-20,28H,10,12-14H2,1H3,(H2,25,27)(H,26,30)/t17?,19-,20+,24?/m0/s1. The minimum Gasteiger partial charge on any atom is -0.508 e. The summed E-state index contributed by atoms with van der Waals surface area (Å²) < 4.78 is 0. The van der Waals surface area contributed by atoms with E-state index in [0.717, 1.165) is 12.0 Å². The van der Waals surface area contributed by atoms with Crippen LogP contribution in [0, 0.1) is 11.8 Å². The van der Waals surface area contributed by atoms with Crippen molar-refractivity contribution in [2.75, 3.05) is 6.54 Å². The Kier molecular flexibility index (Phi) is 5.33. The van der Waals surface area contributed by atoms with Crippen LogP contribution in [0.5, 0.6) is 5.75 Å². The predicted molar refractivity (Wildman–Crippen MR) is 115 cm³/mol. The maximum Gasteiger partial charge on any atom is 0.223 e. The third kappa shape index (κ3) is 4.22. The second kappa shape index (κ2) is 7.94. The molecule has 0 bridgehead atoms. The summed E-state index contributed by atoms with van der Waals surface area (Å²) >= 11 is 0. The van der Waals surface area contributed by atoms with Gasteiger partial charge in [-0.05, 0) is 48.9 Å². The van der Waals surface area contributed by atoms with Crippen molar-refractivity contribution in [3.8, 4) is 5.75 Å². The summed E-state index contributed by atoms with van der Waals surface area (Å²) in [5, 5.41) is 12.6. The maximum atomic E-state index is 12.8. The second-order valence-corrected chi connectivity index (χ2v) is 8.59. The highest BCUT2D eigenvalue weighted by Crippen LogP contribution is 2.47. The van der Waals surface area contributed by atoms with E-state index in [0.29, 0.717) is 12.3 Å². The third-order valence-electron chi connectivity index (χ3n) is 6.18. The fourth-order valence-electron chi connectivity index (χ4n) is 4.21. The van der Waals surface area contributed by atoms with Gasteiger partial charge in [-0.2, -0.15) is 0 Å². The van der Waals surface area contributed by atoms with Crippen LogP contribution in [0.3, 0.4) is 0 Å². The number of amidine groups is 1. The van der Waals surface area contributed by atoms with Crippen LogP contribution in [0.25, 0.3) is 0 Å². The Labute approximate surface area is 176 Å². The molecule has 4 atom stereocenters. The van der Waals surface area contributed by atoms with E-state index in [1.807, 2.05) is 36.4 Å². The second-order valence-electron chi connectivity index (χ2n) is 8.59. The number of carbonyl (C=O) groups is 2.